The molecule has 0 radical (unpaired) electrons. The number of carbonyl (C=O) groups excluding carboxylic acids is 3. The van der Waals surface area contributed by atoms with Crippen LogP contribution in [-0.2, 0) is 28.6 Å². The van der Waals surface area contributed by atoms with Gasteiger partial charge in [-0.3, -0.25) is 14.4 Å². The maximum absolute atomic E-state index is 12.9. The summed E-state index contributed by atoms with van der Waals surface area (Å²) in [4.78, 5) is 38.3. The molecule has 0 aliphatic carbocycles. The number of hydrogen-bond acceptors (Lipinski definition) is 6. The molecule has 0 aromatic heterocycles. The van der Waals surface area contributed by atoms with Crippen molar-refractivity contribution in [2.45, 2.75) is 322 Å². The summed E-state index contributed by atoms with van der Waals surface area (Å²) in [6, 6.07) is 0. The normalized spacial score (nSPS) is 12.5. The molecule has 0 amide bonds. The van der Waals surface area contributed by atoms with Gasteiger partial charge in [-0.25, -0.2) is 0 Å². The van der Waals surface area contributed by atoms with E-state index >= 15 is 0 Å². The van der Waals surface area contributed by atoms with Gasteiger partial charge in [0.15, 0.2) is 6.10 Å². The summed E-state index contributed by atoms with van der Waals surface area (Å²) < 4.78 is 16.9. The van der Waals surface area contributed by atoms with E-state index in [1.807, 2.05) is 0 Å². The summed E-state index contributed by atoms with van der Waals surface area (Å²) in [7, 11) is 0. The first-order chi connectivity index (χ1) is 36.0. The summed E-state index contributed by atoms with van der Waals surface area (Å²) in [6.45, 7) is 6.55. The van der Waals surface area contributed by atoms with Crippen LogP contribution >= 0.6 is 0 Å². The number of carbonyl (C=O) groups is 3. The summed E-state index contributed by atoms with van der Waals surface area (Å²) >= 11 is 0. The molecular weight excluding hydrogens is 901 g/mol. The van der Waals surface area contributed by atoms with Crippen LogP contribution in [0.5, 0.6) is 0 Å². The molecule has 6 heteroatoms. The Bertz CT molecular complexity index is 1360. The van der Waals surface area contributed by atoms with Crippen LogP contribution in [0.4, 0.5) is 0 Å². The minimum Gasteiger partial charge on any atom is -0.462 e. The third kappa shape index (κ3) is 59.6. The molecule has 0 aromatic carbocycles. The first-order valence-corrected chi connectivity index (χ1v) is 31.4. The second kappa shape index (κ2) is 61.4. The lowest BCUT2D eigenvalue weighted by molar-refractivity contribution is -0.167. The van der Waals surface area contributed by atoms with Gasteiger partial charge in [0.05, 0.1) is 0 Å². The third-order valence-corrected chi connectivity index (χ3v) is 13.7. The van der Waals surface area contributed by atoms with Gasteiger partial charge in [-0.2, -0.15) is 0 Å². The second-order valence-electron chi connectivity index (χ2n) is 21.0. The van der Waals surface area contributed by atoms with Crippen molar-refractivity contribution in [1.82, 2.24) is 0 Å². The zero-order valence-electron chi connectivity index (χ0n) is 48.4. The van der Waals surface area contributed by atoms with Gasteiger partial charge in [0.1, 0.15) is 13.2 Å². The third-order valence-electron chi connectivity index (χ3n) is 13.7. The van der Waals surface area contributed by atoms with Crippen LogP contribution in [0.25, 0.3) is 0 Å². The van der Waals surface area contributed by atoms with Gasteiger partial charge in [-0.15, -0.1) is 0 Å². The standard InChI is InChI=1S/C67H118O6/c1-4-7-10-13-16-19-22-25-27-29-31-32-33-34-36-37-39-42-45-48-51-54-57-60-66(69)72-63-64(62-71-65(68)59-56-53-50-47-44-41-24-21-18-15-12-9-6-3)73-67(70)61-58-55-52-49-46-43-40-38-35-30-28-26-23-20-17-14-11-8-5-2/h7,10,16,19,25,27,31-32,34,36,39,42,64H,4-6,8-9,11-15,17-18,20-24,26,28-30,33,35,37-38,40-41,43-63H2,1-3H3/b10-7-,19-16-,27-25-,32-31-,36-34-,42-39-. The van der Waals surface area contributed by atoms with E-state index < -0.39 is 6.10 Å². The summed E-state index contributed by atoms with van der Waals surface area (Å²) in [6.07, 6.45) is 79.0. The average Bonchev–Trinajstić information content (AvgIpc) is 3.39. The quantitative estimate of drug-likeness (QED) is 0.0261. The maximum atomic E-state index is 12.9. The number of ether oxygens (including phenoxy) is 3. The molecule has 0 bridgehead atoms. The number of rotatable bonds is 57. The highest BCUT2D eigenvalue weighted by Gasteiger charge is 2.19. The highest BCUT2D eigenvalue weighted by Crippen LogP contribution is 2.17. The highest BCUT2D eigenvalue weighted by molar-refractivity contribution is 5.71. The predicted octanol–water partition coefficient (Wildman–Crippen LogP) is 21.3. The fourth-order valence-corrected chi connectivity index (χ4v) is 9.04. The van der Waals surface area contributed by atoms with Crippen molar-refractivity contribution < 1.29 is 28.6 Å². The Morgan fingerprint density at radius 3 is 0.836 bits per heavy atom. The first kappa shape index (κ1) is 69.8. The molecule has 1 unspecified atom stereocenters. The molecule has 6 nitrogen and oxygen atoms in total. The van der Waals surface area contributed by atoms with E-state index in [2.05, 4.69) is 93.7 Å². The molecule has 0 fully saturated rings. The van der Waals surface area contributed by atoms with Crippen molar-refractivity contribution in [2.75, 3.05) is 13.2 Å². The molecule has 0 spiro atoms. The van der Waals surface area contributed by atoms with Crippen LogP contribution in [-0.4, -0.2) is 37.2 Å². The smallest absolute Gasteiger partial charge is 0.306 e. The lowest BCUT2D eigenvalue weighted by Crippen LogP contribution is -2.30. The first-order valence-electron chi connectivity index (χ1n) is 31.4. The zero-order valence-corrected chi connectivity index (χ0v) is 48.4. The zero-order chi connectivity index (χ0) is 52.9. The number of hydrogen-bond donors (Lipinski definition) is 0. The summed E-state index contributed by atoms with van der Waals surface area (Å²) in [5, 5.41) is 0. The van der Waals surface area contributed by atoms with Gasteiger partial charge < -0.3 is 14.2 Å². The van der Waals surface area contributed by atoms with Gasteiger partial charge in [0, 0.05) is 19.3 Å². The monoisotopic (exact) mass is 1020 g/mol. The summed E-state index contributed by atoms with van der Waals surface area (Å²) in [5.74, 6) is -0.888. The lowest BCUT2D eigenvalue weighted by atomic mass is 10.0. The van der Waals surface area contributed by atoms with Gasteiger partial charge >= 0.3 is 17.9 Å². The minimum atomic E-state index is -0.784. The number of allylic oxidation sites excluding steroid dienone is 12. The molecule has 73 heavy (non-hydrogen) atoms. The molecule has 0 saturated carbocycles. The molecule has 0 N–H and O–H groups in total. The Morgan fingerprint density at radius 1 is 0.288 bits per heavy atom. The van der Waals surface area contributed by atoms with Crippen LogP contribution in [0.1, 0.15) is 316 Å². The van der Waals surface area contributed by atoms with Crippen molar-refractivity contribution in [2.24, 2.45) is 0 Å². The van der Waals surface area contributed by atoms with E-state index in [1.54, 1.807) is 0 Å². The van der Waals surface area contributed by atoms with Crippen molar-refractivity contribution in [3.05, 3.63) is 72.9 Å². The summed E-state index contributed by atoms with van der Waals surface area (Å²) in [5.41, 5.74) is 0. The second-order valence-corrected chi connectivity index (χ2v) is 21.0. The topological polar surface area (TPSA) is 78.9 Å². The van der Waals surface area contributed by atoms with E-state index in [9.17, 15) is 14.4 Å². The molecule has 0 aromatic rings. The van der Waals surface area contributed by atoms with Crippen molar-refractivity contribution >= 4 is 17.9 Å². The number of unbranched alkanes of at least 4 members (excludes halogenated alkanes) is 34. The molecule has 0 heterocycles. The van der Waals surface area contributed by atoms with Gasteiger partial charge in [-0.1, -0.05) is 299 Å². The van der Waals surface area contributed by atoms with Crippen molar-refractivity contribution in [3.8, 4) is 0 Å². The van der Waals surface area contributed by atoms with E-state index in [-0.39, 0.29) is 31.1 Å². The average molecular weight is 1020 g/mol. The molecule has 0 aliphatic heterocycles. The Morgan fingerprint density at radius 2 is 0.534 bits per heavy atom. The molecule has 422 valence electrons. The SMILES string of the molecule is CC/C=C\C/C=C\C/C=C\C/C=C\C/C=C\C/C=C\CCCCCCC(=O)OCC(COC(=O)CCCCCCCCCCCCCCC)OC(=O)CCCCCCCCCCCCCCCCCCCCC. The Hall–Kier alpha value is -3.15. The van der Waals surface area contributed by atoms with Crippen LogP contribution in [0.15, 0.2) is 72.9 Å². The largest absolute Gasteiger partial charge is 0.462 e. The van der Waals surface area contributed by atoms with E-state index in [0.29, 0.717) is 19.3 Å². The Kier molecular flexibility index (Phi) is 58.7. The van der Waals surface area contributed by atoms with Crippen molar-refractivity contribution in [3.63, 3.8) is 0 Å². The fraction of sp³-hybridized carbons (Fsp3) is 0.776. The fourth-order valence-electron chi connectivity index (χ4n) is 9.04. The maximum Gasteiger partial charge on any atom is 0.306 e. The molecule has 1 atom stereocenters. The van der Waals surface area contributed by atoms with E-state index in [4.69, 9.17) is 14.2 Å². The highest BCUT2D eigenvalue weighted by atomic mass is 16.6. The van der Waals surface area contributed by atoms with Crippen LogP contribution < -0.4 is 0 Å². The van der Waals surface area contributed by atoms with Crippen LogP contribution in [0.2, 0.25) is 0 Å². The predicted molar refractivity (Wildman–Crippen MR) is 316 cm³/mol. The molecular formula is C67H118O6. The number of esters is 3. The van der Waals surface area contributed by atoms with Crippen molar-refractivity contribution in [1.29, 1.82) is 0 Å². The lowest BCUT2D eigenvalue weighted by Gasteiger charge is -2.18. The van der Waals surface area contributed by atoms with E-state index in [1.165, 1.54) is 167 Å². The molecule has 0 aliphatic rings. The van der Waals surface area contributed by atoms with Gasteiger partial charge in [0.25, 0.3) is 0 Å². The van der Waals surface area contributed by atoms with Crippen LogP contribution in [0.3, 0.4) is 0 Å². The Balaban J connectivity index is 4.37. The van der Waals surface area contributed by atoms with Gasteiger partial charge in [-0.05, 0) is 70.6 Å². The Labute approximate surface area is 453 Å². The van der Waals surface area contributed by atoms with E-state index in [0.717, 1.165) is 109 Å². The molecule has 0 rings (SSSR count). The van der Waals surface area contributed by atoms with Gasteiger partial charge in [0.2, 0.25) is 0 Å². The molecule has 0 saturated heterocycles. The minimum absolute atomic E-state index is 0.0793. The van der Waals surface area contributed by atoms with Crippen LogP contribution in [0, 0.1) is 0 Å².